The SMILES string of the molecule is CCN(CC[N+](C)(C)CC)c1cc(C=C2Sc3ccccc3N2C)c2ccc(OC)cc2[n+]1-c1ccccc1.[Y]. The van der Waals surface area contributed by atoms with E-state index in [1.165, 1.54) is 32.4 Å². The van der Waals surface area contributed by atoms with Gasteiger partial charge in [0.05, 0.1) is 45.0 Å². The Morgan fingerprint density at radius 3 is 2.38 bits per heavy atom. The first-order valence-electron chi connectivity index (χ1n) is 13.8. The maximum Gasteiger partial charge on any atom is 0.283 e. The Kier molecular flexibility index (Phi) is 9.99. The van der Waals surface area contributed by atoms with Crippen LogP contribution in [0.4, 0.5) is 11.5 Å². The fourth-order valence-corrected chi connectivity index (χ4v) is 6.14. The fourth-order valence-electron chi connectivity index (χ4n) is 5.04. The van der Waals surface area contributed by atoms with Crippen molar-refractivity contribution in [2.75, 3.05) is 64.2 Å². The van der Waals surface area contributed by atoms with E-state index in [0.29, 0.717) is 0 Å². The van der Waals surface area contributed by atoms with Crippen LogP contribution < -0.4 is 19.1 Å². The molecule has 1 aliphatic rings. The number of benzene rings is 3. The molecule has 0 amide bonds. The Hall–Kier alpha value is -2.38. The first kappa shape index (κ1) is 30.6. The molecule has 0 spiro atoms. The predicted octanol–water partition coefficient (Wildman–Crippen LogP) is 6.59. The number of fused-ring (bicyclic) bond motifs is 2. The number of pyridine rings is 1. The molecule has 1 radical (unpaired) electrons. The third-order valence-electron chi connectivity index (χ3n) is 7.87. The Bertz CT molecular complexity index is 1510. The van der Waals surface area contributed by atoms with Gasteiger partial charge in [0.25, 0.3) is 5.82 Å². The van der Waals surface area contributed by atoms with Crippen molar-refractivity contribution >= 4 is 40.2 Å². The molecule has 0 aliphatic carbocycles. The number of likely N-dealkylation sites (N-methyl/N-ethyl adjacent to an activating group) is 2. The average molecular weight is 630 g/mol. The molecule has 0 bridgehead atoms. The molecule has 4 aromatic rings. The predicted molar refractivity (Wildman–Crippen MR) is 166 cm³/mol. The molecule has 1 aliphatic heterocycles. The van der Waals surface area contributed by atoms with Crippen LogP contribution in [0.1, 0.15) is 19.4 Å². The molecule has 0 unspecified atom stereocenters. The summed E-state index contributed by atoms with van der Waals surface area (Å²) in [7, 11) is 8.52. The molecule has 205 valence electrons. The van der Waals surface area contributed by atoms with E-state index in [9.17, 15) is 0 Å². The number of anilines is 2. The number of para-hydroxylation sites is 2. The number of hydrogen-bond acceptors (Lipinski definition) is 4. The molecule has 1 aromatic heterocycles. The second-order valence-corrected chi connectivity index (χ2v) is 11.7. The fraction of sp³-hybridized carbons (Fsp3) is 0.303. The number of ether oxygens (including phenoxy) is 1. The van der Waals surface area contributed by atoms with Gasteiger partial charge >= 0.3 is 0 Å². The van der Waals surface area contributed by atoms with Gasteiger partial charge in [-0.25, -0.2) is 0 Å². The zero-order chi connectivity index (χ0) is 27.6. The van der Waals surface area contributed by atoms with Gasteiger partial charge in [-0.2, -0.15) is 4.57 Å². The van der Waals surface area contributed by atoms with Gasteiger partial charge in [-0.05, 0) is 61.9 Å². The molecule has 0 atom stereocenters. The second-order valence-electron chi connectivity index (χ2n) is 10.7. The number of quaternary nitrogens is 1. The molecule has 40 heavy (non-hydrogen) atoms. The van der Waals surface area contributed by atoms with Gasteiger partial charge in [0.1, 0.15) is 30.0 Å². The number of aromatic nitrogens is 1. The van der Waals surface area contributed by atoms with Gasteiger partial charge in [0, 0.05) is 62.2 Å². The van der Waals surface area contributed by atoms with Crippen LogP contribution in [-0.2, 0) is 32.7 Å². The van der Waals surface area contributed by atoms with E-state index in [-0.39, 0.29) is 32.7 Å². The van der Waals surface area contributed by atoms with Gasteiger partial charge in [-0.1, -0.05) is 42.1 Å². The van der Waals surface area contributed by atoms with Crippen LogP contribution in [0.3, 0.4) is 0 Å². The van der Waals surface area contributed by atoms with Crippen molar-refractivity contribution in [3.63, 3.8) is 0 Å². The van der Waals surface area contributed by atoms with E-state index in [1.54, 1.807) is 7.11 Å². The summed E-state index contributed by atoms with van der Waals surface area (Å²) < 4.78 is 9.11. The molecule has 0 saturated heterocycles. The molecule has 7 heteroatoms. The van der Waals surface area contributed by atoms with Gasteiger partial charge in [0.15, 0.2) is 0 Å². The topological polar surface area (TPSA) is 19.6 Å². The van der Waals surface area contributed by atoms with Crippen LogP contribution in [0, 0.1) is 0 Å². The van der Waals surface area contributed by atoms with Crippen LogP contribution in [0.25, 0.3) is 22.7 Å². The molecule has 3 aromatic carbocycles. The van der Waals surface area contributed by atoms with Gasteiger partial charge in [-0.3, -0.25) is 4.90 Å². The number of methoxy groups -OCH3 is 1. The van der Waals surface area contributed by atoms with Crippen molar-refractivity contribution in [2.24, 2.45) is 0 Å². The molecule has 2 heterocycles. The van der Waals surface area contributed by atoms with E-state index in [0.717, 1.165) is 47.6 Å². The van der Waals surface area contributed by atoms with E-state index >= 15 is 0 Å². The normalized spacial score (nSPS) is 13.8. The van der Waals surface area contributed by atoms with Crippen molar-refractivity contribution < 1.29 is 46.5 Å². The summed E-state index contributed by atoms with van der Waals surface area (Å²) in [5.41, 5.74) is 4.74. The number of rotatable bonds is 9. The Balaban J connectivity index is 0.00000370. The van der Waals surface area contributed by atoms with Crippen LogP contribution in [0.15, 0.2) is 88.8 Å². The molecular weight excluding hydrogens is 589 g/mol. The molecular formula is C33H40N4OSY+2. The quantitative estimate of drug-likeness (QED) is 0.154. The summed E-state index contributed by atoms with van der Waals surface area (Å²) in [6.45, 7) is 8.58. The molecule has 0 saturated carbocycles. The average Bonchev–Trinajstić information content (AvgIpc) is 3.28. The number of hydrogen-bond donors (Lipinski definition) is 0. The minimum Gasteiger partial charge on any atom is -0.497 e. The Labute approximate surface area is 268 Å². The molecule has 0 N–H and O–H groups in total. The van der Waals surface area contributed by atoms with Gasteiger partial charge in [0.2, 0.25) is 0 Å². The van der Waals surface area contributed by atoms with Crippen molar-refractivity contribution in [3.05, 3.63) is 89.5 Å². The first-order chi connectivity index (χ1) is 18.8. The van der Waals surface area contributed by atoms with E-state index in [1.807, 2.05) is 11.8 Å². The summed E-state index contributed by atoms with van der Waals surface area (Å²) in [5, 5.41) is 2.42. The summed E-state index contributed by atoms with van der Waals surface area (Å²) in [4.78, 5) is 6.11. The largest absolute Gasteiger partial charge is 0.497 e. The van der Waals surface area contributed by atoms with Gasteiger partial charge < -0.3 is 14.1 Å². The van der Waals surface area contributed by atoms with Crippen LogP contribution >= 0.6 is 11.8 Å². The third-order valence-corrected chi connectivity index (χ3v) is 9.04. The monoisotopic (exact) mass is 629 g/mol. The smallest absolute Gasteiger partial charge is 0.283 e. The van der Waals surface area contributed by atoms with Crippen LogP contribution in [0.5, 0.6) is 5.75 Å². The number of thioether (sulfide) groups is 1. The van der Waals surface area contributed by atoms with Crippen molar-refractivity contribution in [1.82, 2.24) is 0 Å². The van der Waals surface area contributed by atoms with E-state index in [2.05, 4.69) is 134 Å². The standard InChI is InChI=1S/C33H40N4OS.Y/c1-7-35(20-21-37(4,5)8-2)32-22-25(23-33-34(3)29-16-12-13-17-31(29)39-33)28-19-18-27(38-6)24-30(28)36(32)26-14-10-9-11-15-26;/h9-19,22-24H,7-8,20-21H2,1-6H3;/q+2;. The number of nitrogens with zero attached hydrogens (tertiary/aromatic N) is 4. The zero-order valence-electron chi connectivity index (χ0n) is 24.6. The molecule has 0 fully saturated rings. The summed E-state index contributed by atoms with van der Waals surface area (Å²) in [6, 6.07) is 28.1. The first-order valence-corrected chi connectivity index (χ1v) is 14.6. The van der Waals surface area contributed by atoms with Crippen LogP contribution in [-0.4, -0.2) is 58.9 Å². The third kappa shape index (κ3) is 6.26. The Morgan fingerprint density at radius 2 is 1.70 bits per heavy atom. The summed E-state index contributed by atoms with van der Waals surface area (Å²) in [5.74, 6) is 2.05. The second kappa shape index (κ2) is 13.1. The Morgan fingerprint density at radius 1 is 0.975 bits per heavy atom. The summed E-state index contributed by atoms with van der Waals surface area (Å²) >= 11 is 1.83. The van der Waals surface area contributed by atoms with Crippen molar-refractivity contribution in [3.8, 4) is 11.4 Å². The van der Waals surface area contributed by atoms with E-state index in [4.69, 9.17) is 4.74 Å². The summed E-state index contributed by atoms with van der Waals surface area (Å²) in [6.07, 6.45) is 2.35. The van der Waals surface area contributed by atoms with E-state index < -0.39 is 0 Å². The minimum atomic E-state index is 0. The van der Waals surface area contributed by atoms with Crippen molar-refractivity contribution in [1.29, 1.82) is 0 Å². The zero-order valence-corrected chi connectivity index (χ0v) is 28.2. The molecule has 5 rings (SSSR count). The minimum absolute atomic E-state index is 0. The van der Waals surface area contributed by atoms with Crippen LogP contribution in [0.2, 0.25) is 0 Å². The van der Waals surface area contributed by atoms with Gasteiger partial charge in [-0.15, -0.1) is 0 Å². The molecule has 5 nitrogen and oxygen atoms in total. The van der Waals surface area contributed by atoms with Crippen molar-refractivity contribution in [2.45, 2.75) is 18.7 Å². The maximum atomic E-state index is 5.72. The maximum absolute atomic E-state index is 5.72.